The topological polar surface area (TPSA) is 42.2 Å². The van der Waals surface area contributed by atoms with Crippen LogP contribution in [0.25, 0.3) is 16.3 Å². The fourth-order valence-electron chi connectivity index (χ4n) is 2.72. The summed E-state index contributed by atoms with van der Waals surface area (Å²) in [5, 5.41) is 12.9. The lowest BCUT2D eigenvalue weighted by molar-refractivity contribution is 0.692. The maximum Gasteiger partial charge on any atom is 0.216 e. The lowest BCUT2D eigenvalue weighted by Gasteiger charge is -2.03. The molecule has 0 unspecified atom stereocenters. The smallest absolute Gasteiger partial charge is 0.216 e. The molecule has 0 fully saturated rings. The number of hydrogen-bond donors (Lipinski definition) is 1. The van der Waals surface area contributed by atoms with E-state index < -0.39 is 0 Å². The molecular formula is C19H16BrClN4S. The van der Waals surface area contributed by atoms with Gasteiger partial charge in [-0.05, 0) is 42.8 Å². The van der Waals surface area contributed by atoms with E-state index >= 15 is 0 Å². The van der Waals surface area contributed by atoms with Crippen molar-refractivity contribution in [1.82, 2.24) is 19.9 Å². The lowest BCUT2D eigenvalue weighted by Crippen LogP contribution is -2.15. The summed E-state index contributed by atoms with van der Waals surface area (Å²) >= 11 is 11.0. The van der Waals surface area contributed by atoms with E-state index in [0.29, 0.717) is 0 Å². The molecular weight excluding hydrogens is 432 g/mol. The number of nitrogens with zero attached hydrogens (tertiary/aromatic N) is 3. The minimum atomic E-state index is 0.777. The summed E-state index contributed by atoms with van der Waals surface area (Å²) in [6.45, 7) is 1.74. The molecule has 0 amide bonds. The first-order valence-electron chi connectivity index (χ1n) is 8.23. The van der Waals surface area contributed by atoms with E-state index in [-0.39, 0.29) is 0 Å². The molecule has 0 radical (unpaired) electrons. The number of hydrogen-bond acceptors (Lipinski definition) is 4. The minimum Gasteiger partial charge on any atom is -0.311 e. The van der Waals surface area contributed by atoms with Gasteiger partial charge in [0, 0.05) is 32.7 Å². The Morgan fingerprint density at radius 2 is 1.81 bits per heavy atom. The van der Waals surface area contributed by atoms with Crippen LogP contribution >= 0.6 is 38.9 Å². The van der Waals surface area contributed by atoms with Crippen LogP contribution in [-0.2, 0) is 13.0 Å². The molecule has 0 aliphatic rings. The molecule has 0 bridgehead atoms. The summed E-state index contributed by atoms with van der Waals surface area (Å²) in [4.78, 5) is 2.15. The van der Waals surface area contributed by atoms with Crippen molar-refractivity contribution in [3.05, 3.63) is 74.7 Å². The van der Waals surface area contributed by atoms with Gasteiger partial charge in [0.2, 0.25) is 4.96 Å². The SMILES string of the molecule is Clc1ccc(CCNCc2cn3c(-c4ccc(Br)cc4)nnc3s2)cc1. The number of nitrogens with one attached hydrogen (secondary N) is 1. The van der Waals surface area contributed by atoms with Gasteiger partial charge in [-0.2, -0.15) is 0 Å². The number of aromatic nitrogens is 3. The van der Waals surface area contributed by atoms with E-state index in [0.717, 1.165) is 45.4 Å². The molecule has 4 aromatic rings. The second-order valence-corrected chi connectivity index (χ2v) is 8.38. The van der Waals surface area contributed by atoms with Gasteiger partial charge < -0.3 is 5.32 Å². The van der Waals surface area contributed by atoms with Gasteiger partial charge in [-0.3, -0.25) is 4.40 Å². The molecule has 26 heavy (non-hydrogen) atoms. The Morgan fingerprint density at radius 3 is 2.58 bits per heavy atom. The van der Waals surface area contributed by atoms with Crippen molar-refractivity contribution in [1.29, 1.82) is 0 Å². The van der Waals surface area contributed by atoms with Gasteiger partial charge >= 0.3 is 0 Å². The van der Waals surface area contributed by atoms with Gasteiger partial charge in [0.1, 0.15) is 0 Å². The summed E-state index contributed by atoms with van der Waals surface area (Å²) in [5.74, 6) is 0.871. The molecule has 0 spiro atoms. The third-order valence-corrected chi connectivity index (χ3v) is 5.82. The predicted octanol–water partition coefficient (Wildman–Crippen LogP) is 5.21. The first kappa shape index (κ1) is 17.7. The lowest BCUT2D eigenvalue weighted by atomic mass is 10.1. The molecule has 0 aliphatic carbocycles. The first-order valence-corrected chi connectivity index (χ1v) is 10.2. The van der Waals surface area contributed by atoms with E-state index in [1.807, 2.05) is 36.4 Å². The molecule has 0 saturated carbocycles. The highest BCUT2D eigenvalue weighted by atomic mass is 79.9. The average Bonchev–Trinajstić information content (AvgIpc) is 3.21. The Balaban J connectivity index is 1.40. The fraction of sp³-hybridized carbons (Fsp3) is 0.158. The van der Waals surface area contributed by atoms with Crippen LogP contribution in [0, 0.1) is 0 Å². The zero-order valence-corrected chi connectivity index (χ0v) is 17.0. The number of fused-ring (bicyclic) bond motifs is 1. The highest BCUT2D eigenvalue weighted by molar-refractivity contribution is 9.10. The van der Waals surface area contributed by atoms with Crippen molar-refractivity contribution in [3.63, 3.8) is 0 Å². The highest BCUT2D eigenvalue weighted by Gasteiger charge is 2.11. The number of halogens is 2. The summed E-state index contributed by atoms with van der Waals surface area (Å²) in [7, 11) is 0. The standard InChI is InChI=1S/C19H16BrClN4S/c20-15-5-3-14(4-6-15)18-23-24-19-25(18)12-17(26-19)11-22-10-9-13-1-7-16(21)8-2-13/h1-8,12,22H,9-11H2. The van der Waals surface area contributed by atoms with Crippen LogP contribution in [0.5, 0.6) is 0 Å². The van der Waals surface area contributed by atoms with E-state index in [2.05, 4.69) is 54.2 Å². The molecule has 1 N–H and O–H groups in total. The van der Waals surface area contributed by atoms with Crippen LogP contribution in [-0.4, -0.2) is 21.1 Å². The third-order valence-electron chi connectivity index (χ3n) is 4.07. The van der Waals surface area contributed by atoms with Gasteiger partial charge in [0.25, 0.3) is 0 Å². The number of thiazole rings is 1. The van der Waals surface area contributed by atoms with Crippen LogP contribution in [0.2, 0.25) is 5.02 Å². The van der Waals surface area contributed by atoms with Crippen LogP contribution < -0.4 is 5.32 Å². The Hall–Kier alpha value is -1.73. The molecule has 0 saturated heterocycles. The van der Waals surface area contributed by atoms with E-state index in [9.17, 15) is 0 Å². The largest absolute Gasteiger partial charge is 0.311 e. The maximum absolute atomic E-state index is 5.92. The second kappa shape index (κ2) is 7.88. The van der Waals surface area contributed by atoms with Gasteiger partial charge in [0.15, 0.2) is 5.82 Å². The van der Waals surface area contributed by atoms with Gasteiger partial charge in [-0.25, -0.2) is 0 Å². The Labute approximate surface area is 169 Å². The van der Waals surface area contributed by atoms with Crippen molar-refractivity contribution < 1.29 is 0 Å². The highest BCUT2D eigenvalue weighted by Crippen LogP contribution is 2.25. The number of benzene rings is 2. The van der Waals surface area contributed by atoms with Crippen LogP contribution in [0.4, 0.5) is 0 Å². The number of rotatable bonds is 6. The monoisotopic (exact) mass is 446 g/mol. The summed E-state index contributed by atoms with van der Waals surface area (Å²) in [6.07, 6.45) is 3.10. The molecule has 7 heteroatoms. The molecule has 0 aliphatic heterocycles. The third kappa shape index (κ3) is 3.99. The maximum atomic E-state index is 5.92. The van der Waals surface area contributed by atoms with Crippen molar-refractivity contribution in [3.8, 4) is 11.4 Å². The van der Waals surface area contributed by atoms with Crippen LogP contribution in [0.1, 0.15) is 10.4 Å². The molecule has 0 atom stereocenters. The van der Waals surface area contributed by atoms with E-state index in [1.165, 1.54) is 10.4 Å². The van der Waals surface area contributed by atoms with Crippen molar-refractivity contribution >= 4 is 43.8 Å². The quantitative estimate of drug-likeness (QED) is 0.413. The summed E-state index contributed by atoms with van der Waals surface area (Å²) in [6, 6.07) is 16.1. The van der Waals surface area contributed by atoms with E-state index in [1.54, 1.807) is 11.3 Å². The molecule has 132 valence electrons. The molecule has 2 aromatic heterocycles. The van der Waals surface area contributed by atoms with E-state index in [4.69, 9.17) is 11.6 Å². The summed E-state index contributed by atoms with van der Waals surface area (Å²) in [5.41, 5.74) is 2.34. The minimum absolute atomic E-state index is 0.777. The normalized spacial score (nSPS) is 11.3. The van der Waals surface area contributed by atoms with Crippen molar-refractivity contribution in [2.75, 3.05) is 6.54 Å². The molecule has 4 rings (SSSR count). The average molecular weight is 448 g/mol. The zero-order chi connectivity index (χ0) is 17.9. The Morgan fingerprint density at radius 1 is 1.04 bits per heavy atom. The van der Waals surface area contributed by atoms with Gasteiger partial charge in [-0.1, -0.05) is 63.1 Å². The molecule has 2 heterocycles. The molecule has 4 nitrogen and oxygen atoms in total. The van der Waals surface area contributed by atoms with Crippen LogP contribution in [0.3, 0.4) is 0 Å². The van der Waals surface area contributed by atoms with Crippen molar-refractivity contribution in [2.45, 2.75) is 13.0 Å². The van der Waals surface area contributed by atoms with Crippen LogP contribution in [0.15, 0.2) is 59.2 Å². The predicted molar refractivity (Wildman–Crippen MR) is 111 cm³/mol. The fourth-order valence-corrected chi connectivity index (χ4v) is 4.00. The first-order chi connectivity index (χ1) is 12.7. The van der Waals surface area contributed by atoms with Gasteiger partial charge in [-0.15, -0.1) is 10.2 Å². The van der Waals surface area contributed by atoms with Gasteiger partial charge in [0.05, 0.1) is 0 Å². The summed E-state index contributed by atoms with van der Waals surface area (Å²) < 4.78 is 3.11. The Kier molecular flexibility index (Phi) is 5.36. The molecule has 2 aromatic carbocycles. The van der Waals surface area contributed by atoms with Crippen molar-refractivity contribution in [2.24, 2.45) is 0 Å². The zero-order valence-electron chi connectivity index (χ0n) is 13.8. The Bertz CT molecular complexity index is 1010. The second-order valence-electron chi connectivity index (χ2n) is 5.93.